The third kappa shape index (κ3) is 3.75. The molecule has 0 saturated carbocycles. The topological polar surface area (TPSA) is 60.8 Å². The Bertz CT molecular complexity index is 173. The van der Waals surface area contributed by atoms with Gasteiger partial charge in [-0.15, -0.1) is 0 Å². The molecule has 0 unspecified atom stereocenters. The molecule has 11 heavy (non-hydrogen) atoms. The molecule has 0 heterocycles. The summed E-state index contributed by atoms with van der Waals surface area (Å²) in [7, 11) is 3.50. The average molecular weight is 159 g/mol. The van der Waals surface area contributed by atoms with Gasteiger partial charge in [-0.05, 0) is 6.92 Å². The first-order valence-corrected chi connectivity index (χ1v) is 3.20. The second-order valence-corrected chi connectivity index (χ2v) is 2.51. The van der Waals surface area contributed by atoms with Crippen molar-refractivity contribution < 1.29 is 15.0 Å². The zero-order valence-corrected chi connectivity index (χ0v) is 6.90. The average Bonchev–Trinajstić information content (AvgIpc) is 1.84. The molecule has 2 N–H and O–H groups in total. The van der Waals surface area contributed by atoms with Crippen molar-refractivity contribution in [1.29, 1.82) is 0 Å². The lowest BCUT2D eigenvalue weighted by atomic mass is 10.2. The number of nitrogens with zero attached hydrogens (tertiary/aromatic N) is 1. The summed E-state index contributed by atoms with van der Waals surface area (Å²) in [5.41, 5.74) is 0.324. The molecule has 0 aliphatic rings. The molecule has 4 nitrogen and oxygen atoms in total. The Morgan fingerprint density at radius 3 is 2.18 bits per heavy atom. The van der Waals surface area contributed by atoms with Gasteiger partial charge in [-0.1, -0.05) is 0 Å². The molecule has 0 radical (unpaired) electrons. The van der Waals surface area contributed by atoms with Crippen LogP contribution in [0.3, 0.4) is 0 Å². The second-order valence-electron chi connectivity index (χ2n) is 2.51. The van der Waals surface area contributed by atoms with Crippen molar-refractivity contribution in [2.24, 2.45) is 0 Å². The second kappa shape index (κ2) is 4.10. The van der Waals surface area contributed by atoms with Gasteiger partial charge in [-0.25, -0.2) is 0 Å². The van der Waals surface area contributed by atoms with Crippen molar-refractivity contribution in [1.82, 2.24) is 4.90 Å². The maximum Gasteiger partial charge on any atom is 0.217 e. The summed E-state index contributed by atoms with van der Waals surface area (Å²) < 4.78 is 0. The Balaban J connectivity index is 4.24. The summed E-state index contributed by atoms with van der Waals surface area (Å²) in [6, 6.07) is 0. The lowest BCUT2D eigenvalue weighted by Crippen LogP contribution is -2.21. The third-order valence-corrected chi connectivity index (χ3v) is 1.08. The van der Waals surface area contributed by atoms with Crippen LogP contribution in [0.25, 0.3) is 0 Å². The predicted octanol–water partition coefficient (Wildman–Crippen LogP) is -0.668. The molecule has 0 aromatic heterocycles. The molecule has 0 amide bonds. The van der Waals surface area contributed by atoms with E-state index in [-0.39, 0.29) is 0 Å². The van der Waals surface area contributed by atoms with Gasteiger partial charge in [0.05, 0.1) is 0 Å². The predicted molar refractivity (Wildman–Crippen MR) is 40.7 cm³/mol. The van der Waals surface area contributed by atoms with E-state index in [1.165, 1.54) is 13.1 Å². The lowest BCUT2D eigenvalue weighted by molar-refractivity contribution is -0.140. The van der Waals surface area contributed by atoms with E-state index in [9.17, 15) is 4.79 Å². The van der Waals surface area contributed by atoms with Crippen LogP contribution in [0.5, 0.6) is 0 Å². The van der Waals surface area contributed by atoms with Gasteiger partial charge < -0.3 is 15.1 Å². The normalized spacial score (nSPS) is 12.0. The van der Waals surface area contributed by atoms with Crippen LogP contribution < -0.4 is 0 Å². The van der Waals surface area contributed by atoms with Crippen LogP contribution in [0.2, 0.25) is 0 Å². The Labute approximate surface area is 65.7 Å². The van der Waals surface area contributed by atoms with Gasteiger partial charge in [0.15, 0.2) is 0 Å². The fourth-order valence-corrected chi connectivity index (χ4v) is 0.655. The van der Waals surface area contributed by atoms with Gasteiger partial charge >= 0.3 is 0 Å². The van der Waals surface area contributed by atoms with Gasteiger partial charge in [-0.3, -0.25) is 4.79 Å². The number of hydrogen-bond donors (Lipinski definition) is 2. The van der Waals surface area contributed by atoms with Gasteiger partial charge in [0.25, 0.3) is 0 Å². The number of aliphatic hydroxyl groups is 2. The minimum atomic E-state index is -1.90. The molecule has 0 fully saturated rings. The lowest BCUT2D eigenvalue weighted by Gasteiger charge is -2.07. The first-order valence-electron chi connectivity index (χ1n) is 3.20. The van der Waals surface area contributed by atoms with Crippen LogP contribution in [0.4, 0.5) is 0 Å². The van der Waals surface area contributed by atoms with E-state index < -0.39 is 12.1 Å². The number of aliphatic hydroxyl groups excluding tert-OH is 1. The van der Waals surface area contributed by atoms with Crippen molar-refractivity contribution in [2.45, 2.75) is 13.2 Å². The first-order chi connectivity index (χ1) is 4.95. The minimum Gasteiger partial charge on any atom is -0.383 e. The van der Waals surface area contributed by atoms with Crippen molar-refractivity contribution >= 4 is 5.78 Å². The molecule has 0 spiro atoms. The van der Waals surface area contributed by atoms with Crippen molar-refractivity contribution in [2.75, 3.05) is 14.1 Å². The molecular formula is C7H13NO3. The molecule has 0 rings (SSSR count). The van der Waals surface area contributed by atoms with E-state index in [1.54, 1.807) is 19.0 Å². The maximum atomic E-state index is 10.8. The van der Waals surface area contributed by atoms with E-state index in [2.05, 4.69) is 0 Å². The number of ketones is 1. The van der Waals surface area contributed by atoms with Gasteiger partial charge in [0, 0.05) is 25.9 Å². The molecule has 0 aliphatic heterocycles. The highest BCUT2D eigenvalue weighted by Crippen LogP contribution is 1.98. The highest BCUT2D eigenvalue weighted by atomic mass is 16.5. The van der Waals surface area contributed by atoms with Gasteiger partial charge in [0.1, 0.15) is 0 Å². The van der Waals surface area contributed by atoms with Crippen LogP contribution in [-0.4, -0.2) is 41.3 Å². The van der Waals surface area contributed by atoms with Crippen molar-refractivity contribution in [3.63, 3.8) is 0 Å². The SMILES string of the molecule is C/C(=C\N(C)C)C(=O)C(O)O. The van der Waals surface area contributed by atoms with E-state index in [4.69, 9.17) is 10.2 Å². The van der Waals surface area contributed by atoms with Crippen LogP contribution in [0.15, 0.2) is 11.8 Å². The molecule has 0 aromatic rings. The van der Waals surface area contributed by atoms with Crippen LogP contribution >= 0.6 is 0 Å². The fourth-order valence-electron chi connectivity index (χ4n) is 0.655. The van der Waals surface area contributed by atoms with Crippen LogP contribution in [0, 0.1) is 0 Å². The number of hydrogen-bond acceptors (Lipinski definition) is 4. The monoisotopic (exact) mass is 159 g/mol. The summed E-state index contributed by atoms with van der Waals surface area (Å²) in [5, 5.41) is 16.9. The Morgan fingerprint density at radius 1 is 1.45 bits per heavy atom. The van der Waals surface area contributed by atoms with Crippen LogP contribution in [0.1, 0.15) is 6.92 Å². The summed E-state index contributed by atoms with van der Waals surface area (Å²) in [6.45, 7) is 1.53. The number of carbonyl (C=O) groups excluding carboxylic acids is 1. The molecule has 0 aromatic carbocycles. The minimum absolute atomic E-state index is 0.324. The Kier molecular flexibility index (Phi) is 3.78. The summed E-state index contributed by atoms with van der Waals surface area (Å²) in [5.74, 6) is -0.668. The van der Waals surface area contributed by atoms with Gasteiger partial charge in [0.2, 0.25) is 12.1 Å². The first kappa shape index (κ1) is 10.1. The van der Waals surface area contributed by atoms with Gasteiger partial charge in [-0.2, -0.15) is 0 Å². The molecular weight excluding hydrogens is 146 g/mol. The molecule has 0 aliphatic carbocycles. The van der Waals surface area contributed by atoms with Crippen molar-refractivity contribution in [3.8, 4) is 0 Å². The largest absolute Gasteiger partial charge is 0.383 e. The van der Waals surface area contributed by atoms with E-state index >= 15 is 0 Å². The quantitative estimate of drug-likeness (QED) is 0.423. The van der Waals surface area contributed by atoms with Crippen LogP contribution in [-0.2, 0) is 4.79 Å². The maximum absolute atomic E-state index is 10.8. The molecule has 64 valence electrons. The van der Waals surface area contributed by atoms with E-state index in [1.807, 2.05) is 0 Å². The summed E-state index contributed by atoms with van der Waals surface area (Å²) in [6.07, 6.45) is -0.368. The number of Topliss-reactive ketones (excluding diaryl/α,β-unsaturated/α-hetero) is 1. The van der Waals surface area contributed by atoms with E-state index in [0.29, 0.717) is 5.57 Å². The van der Waals surface area contributed by atoms with E-state index in [0.717, 1.165) is 0 Å². The fraction of sp³-hybridized carbons (Fsp3) is 0.571. The summed E-state index contributed by atoms with van der Waals surface area (Å²) in [4.78, 5) is 12.4. The Morgan fingerprint density at radius 2 is 1.91 bits per heavy atom. The number of carbonyl (C=O) groups is 1. The third-order valence-electron chi connectivity index (χ3n) is 1.08. The summed E-state index contributed by atoms with van der Waals surface area (Å²) >= 11 is 0. The smallest absolute Gasteiger partial charge is 0.217 e. The zero-order chi connectivity index (χ0) is 9.02. The molecule has 0 bridgehead atoms. The highest BCUT2D eigenvalue weighted by molar-refractivity contribution is 5.96. The Hall–Kier alpha value is -0.870. The highest BCUT2D eigenvalue weighted by Gasteiger charge is 2.12. The standard InChI is InChI=1S/C7H13NO3/c1-5(4-8(2)3)6(9)7(10)11/h4,7,10-11H,1-3H3/b5-4+. The zero-order valence-electron chi connectivity index (χ0n) is 6.90. The number of rotatable bonds is 3. The molecule has 4 heteroatoms. The van der Waals surface area contributed by atoms with Crippen molar-refractivity contribution in [3.05, 3.63) is 11.8 Å². The molecule has 0 saturated heterocycles. The molecule has 0 atom stereocenters.